The molecule has 30 heavy (non-hydrogen) atoms. The van der Waals surface area contributed by atoms with Crippen LogP contribution in [0.4, 0.5) is 4.39 Å². The number of benzene rings is 2. The Balaban J connectivity index is 1.23. The lowest BCUT2D eigenvalue weighted by Gasteiger charge is -2.18. The van der Waals surface area contributed by atoms with Crippen molar-refractivity contribution in [2.75, 3.05) is 13.2 Å². The van der Waals surface area contributed by atoms with E-state index in [1.165, 1.54) is 24.3 Å². The minimum absolute atomic E-state index is 0.0449. The molecule has 0 saturated carbocycles. The predicted molar refractivity (Wildman–Crippen MR) is 108 cm³/mol. The molecule has 0 aliphatic carbocycles. The van der Waals surface area contributed by atoms with E-state index in [1.54, 1.807) is 12.3 Å². The van der Waals surface area contributed by atoms with E-state index in [4.69, 9.17) is 14.2 Å². The van der Waals surface area contributed by atoms with Crippen LogP contribution >= 0.6 is 0 Å². The van der Waals surface area contributed by atoms with Crippen LogP contribution in [0, 0.1) is 5.82 Å². The maximum Gasteiger partial charge on any atom is 0.220 e. The van der Waals surface area contributed by atoms with Crippen molar-refractivity contribution >= 4 is 5.91 Å². The van der Waals surface area contributed by atoms with Gasteiger partial charge >= 0.3 is 0 Å². The van der Waals surface area contributed by atoms with Crippen LogP contribution in [0.5, 0.6) is 23.1 Å². The molecule has 4 rings (SSSR count). The molecule has 2 aromatic carbocycles. The minimum atomic E-state index is -0.324. The molecule has 0 spiro atoms. The van der Waals surface area contributed by atoms with E-state index in [2.05, 4.69) is 10.3 Å². The number of aryl methyl sites for hydroxylation is 1. The molecule has 0 saturated heterocycles. The number of fused-ring (bicyclic) bond motifs is 1. The summed E-state index contributed by atoms with van der Waals surface area (Å²) in [6.07, 6.45) is 2.63. The molecule has 1 aromatic heterocycles. The zero-order valence-corrected chi connectivity index (χ0v) is 16.3. The number of halogens is 1. The van der Waals surface area contributed by atoms with E-state index < -0.39 is 0 Å². The Morgan fingerprint density at radius 3 is 2.53 bits per heavy atom. The molecule has 0 radical (unpaired) electrons. The van der Waals surface area contributed by atoms with Crippen LogP contribution < -0.4 is 19.5 Å². The molecule has 0 unspecified atom stereocenters. The quantitative estimate of drug-likeness (QED) is 0.639. The van der Waals surface area contributed by atoms with Gasteiger partial charge in [-0.25, -0.2) is 9.37 Å². The number of nitrogens with zero attached hydrogens (tertiary/aromatic N) is 1. The SMILES string of the molecule is O=C(CCc1ccc2c(c1)OCCO2)NCc1ccc(Oc2ccc(F)cc2)nc1. The summed E-state index contributed by atoms with van der Waals surface area (Å²) in [5.74, 6) is 2.01. The molecule has 7 heteroatoms. The van der Waals surface area contributed by atoms with Crippen LogP contribution in [-0.2, 0) is 17.8 Å². The highest BCUT2D eigenvalue weighted by Gasteiger charge is 2.12. The van der Waals surface area contributed by atoms with Gasteiger partial charge in [-0.05, 0) is 53.9 Å². The molecule has 1 aliphatic rings. The smallest absolute Gasteiger partial charge is 0.220 e. The van der Waals surface area contributed by atoms with Crippen molar-refractivity contribution in [3.05, 3.63) is 77.7 Å². The number of aromatic nitrogens is 1. The van der Waals surface area contributed by atoms with Gasteiger partial charge in [-0.15, -0.1) is 0 Å². The zero-order valence-electron chi connectivity index (χ0n) is 16.3. The fraction of sp³-hybridized carbons (Fsp3) is 0.217. The van der Waals surface area contributed by atoms with Crippen molar-refractivity contribution in [1.82, 2.24) is 10.3 Å². The number of hydrogen-bond acceptors (Lipinski definition) is 5. The lowest BCUT2D eigenvalue weighted by Crippen LogP contribution is -2.23. The number of hydrogen-bond donors (Lipinski definition) is 1. The molecule has 0 fully saturated rings. The van der Waals surface area contributed by atoms with E-state index in [-0.39, 0.29) is 11.7 Å². The zero-order chi connectivity index (χ0) is 20.8. The van der Waals surface area contributed by atoms with Gasteiger partial charge in [0.2, 0.25) is 11.8 Å². The Morgan fingerprint density at radius 2 is 1.77 bits per heavy atom. The molecular weight excluding hydrogens is 387 g/mol. The first kappa shape index (κ1) is 19.7. The van der Waals surface area contributed by atoms with E-state index in [9.17, 15) is 9.18 Å². The fourth-order valence-electron chi connectivity index (χ4n) is 2.99. The molecule has 154 valence electrons. The molecular formula is C23H21FN2O4. The second kappa shape index (κ2) is 9.26. The molecule has 0 bridgehead atoms. The Kier molecular flexibility index (Phi) is 6.08. The third-order valence-electron chi connectivity index (χ3n) is 4.57. The maximum absolute atomic E-state index is 12.9. The van der Waals surface area contributed by atoms with E-state index in [1.807, 2.05) is 24.3 Å². The minimum Gasteiger partial charge on any atom is -0.486 e. The highest BCUT2D eigenvalue weighted by Crippen LogP contribution is 2.31. The van der Waals surface area contributed by atoms with Crippen molar-refractivity contribution in [1.29, 1.82) is 0 Å². The van der Waals surface area contributed by atoms with E-state index in [0.717, 1.165) is 22.6 Å². The largest absolute Gasteiger partial charge is 0.486 e. The molecule has 1 N–H and O–H groups in total. The molecule has 1 amide bonds. The van der Waals surface area contributed by atoms with Crippen molar-refractivity contribution in [3.8, 4) is 23.1 Å². The first-order valence-corrected chi connectivity index (χ1v) is 9.69. The highest BCUT2D eigenvalue weighted by atomic mass is 19.1. The van der Waals surface area contributed by atoms with Crippen LogP contribution in [0.2, 0.25) is 0 Å². The summed E-state index contributed by atoms with van der Waals surface area (Å²) in [6.45, 7) is 1.48. The monoisotopic (exact) mass is 408 g/mol. The van der Waals surface area contributed by atoms with Crippen molar-refractivity contribution in [2.45, 2.75) is 19.4 Å². The normalized spacial score (nSPS) is 12.3. The molecule has 3 aromatic rings. The number of carbonyl (C=O) groups is 1. The second-order valence-electron chi connectivity index (χ2n) is 6.82. The number of carbonyl (C=O) groups excluding carboxylic acids is 1. The number of ether oxygens (including phenoxy) is 3. The van der Waals surface area contributed by atoms with Gasteiger partial charge in [-0.1, -0.05) is 12.1 Å². The van der Waals surface area contributed by atoms with Gasteiger partial charge in [0.15, 0.2) is 11.5 Å². The first-order valence-electron chi connectivity index (χ1n) is 9.69. The Bertz CT molecular complexity index is 1010. The van der Waals surface area contributed by atoms with Gasteiger partial charge in [0.05, 0.1) is 0 Å². The van der Waals surface area contributed by atoms with Crippen LogP contribution in [0.15, 0.2) is 60.8 Å². The third-order valence-corrected chi connectivity index (χ3v) is 4.57. The lowest BCUT2D eigenvalue weighted by molar-refractivity contribution is -0.121. The molecule has 1 aliphatic heterocycles. The van der Waals surface area contributed by atoms with Gasteiger partial charge in [-0.3, -0.25) is 4.79 Å². The summed E-state index contributed by atoms with van der Waals surface area (Å²) < 4.78 is 29.6. The summed E-state index contributed by atoms with van der Waals surface area (Å²) in [5, 5.41) is 2.89. The molecule has 2 heterocycles. The van der Waals surface area contributed by atoms with Crippen LogP contribution in [0.1, 0.15) is 17.5 Å². The summed E-state index contributed by atoms with van der Waals surface area (Å²) in [7, 11) is 0. The average Bonchev–Trinajstić information content (AvgIpc) is 2.78. The number of nitrogens with one attached hydrogen (secondary N) is 1. The summed E-state index contributed by atoms with van der Waals surface area (Å²) in [5.41, 5.74) is 1.88. The van der Waals surface area contributed by atoms with Gasteiger partial charge in [0, 0.05) is 25.2 Å². The van der Waals surface area contributed by atoms with Crippen LogP contribution in [0.25, 0.3) is 0 Å². The lowest BCUT2D eigenvalue weighted by atomic mass is 10.1. The van der Waals surface area contributed by atoms with E-state index >= 15 is 0 Å². The Hall–Kier alpha value is -3.61. The number of pyridine rings is 1. The summed E-state index contributed by atoms with van der Waals surface area (Å²) >= 11 is 0. The average molecular weight is 408 g/mol. The maximum atomic E-state index is 12.9. The predicted octanol–water partition coefficient (Wildman–Crippen LogP) is 4.03. The topological polar surface area (TPSA) is 69.7 Å². The number of rotatable bonds is 7. The summed E-state index contributed by atoms with van der Waals surface area (Å²) in [4.78, 5) is 16.4. The van der Waals surface area contributed by atoms with Gasteiger partial charge in [-0.2, -0.15) is 0 Å². The first-order chi connectivity index (χ1) is 14.7. The molecule has 0 atom stereocenters. The van der Waals surface area contributed by atoms with Gasteiger partial charge in [0.1, 0.15) is 24.8 Å². The highest BCUT2D eigenvalue weighted by molar-refractivity contribution is 5.76. The fourth-order valence-corrected chi connectivity index (χ4v) is 2.99. The van der Waals surface area contributed by atoms with Crippen molar-refractivity contribution in [2.24, 2.45) is 0 Å². The second-order valence-corrected chi connectivity index (χ2v) is 6.82. The summed E-state index contributed by atoms with van der Waals surface area (Å²) in [6, 6.07) is 15.0. The van der Waals surface area contributed by atoms with Crippen molar-refractivity contribution in [3.63, 3.8) is 0 Å². The molecule has 6 nitrogen and oxygen atoms in total. The third kappa shape index (κ3) is 5.26. The van der Waals surface area contributed by atoms with Gasteiger partial charge in [0.25, 0.3) is 0 Å². The Labute approximate surface area is 173 Å². The standard InChI is InChI=1S/C23H21FN2O4/c24-18-4-6-19(7-5-18)30-23-10-3-17(15-26-23)14-25-22(27)9-2-16-1-8-20-21(13-16)29-12-11-28-20/h1,3-8,10,13,15H,2,9,11-12,14H2,(H,25,27). The Morgan fingerprint density at radius 1 is 1.00 bits per heavy atom. The number of amides is 1. The van der Waals surface area contributed by atoms with Crippen molar-refractivity contribution < 1.29 is 23.4 Å². The van der Waals surface area contributed by atoms with Crippen LogP contribution in [-0.4, -0.2) is 24.1 Å². The van der Waals surface area contributed by atoms with Gasteiger partial charge < -0.3 is 19.5 Å². The van der Waals surface area contributed by atoms with Crippen LogP contribution in [0.3, 0.4) is 0 Å². The van der Waals surface area contributed by atoms with E-state index in [0.29, 0.717) is 44.2 Å².